The number of nitrogens with one attached hydrogen (secondary N) is 2. The Morgan fingerprint density at radius 1 is 1.06 bits per heavy atom. The minimum Gasteiger partial charge on any atom is -0.378 e. The highest BCUT2D eigenvalue weighted by atomic mass is 32.2. The van der Waals surface area contributed by atoms with Crippen LogP contribution in [-0.2, 0) is 9.84 Å². The minimum absolute atomic E-state index is 0.142. The van der Waals surface area contributed by atoms with E-state index in [1.807, 2.05) is 30.3 Å². The second-order valence-corrected chi connectivity index (χ2v) is 9.52. The van der Waals surface area contributed by atoms with Crippen LogP contribution in [0.4, 0.5) is 11.4 Å². The van der Waals surface area contributed by atoms with Gasteiger partial charge in [-0.05, 0) is 30.3 Å². The zero-order chi connectivity index (χ0) is 24.3. The molecule has 0 aliphatic rings. The Morgan fingerprint density at radius 2 is 1.82 bits per heavy atom. The number of fused-ring (bicyclic) bond motifs is 1. The first-order valence-corrected chi connectivity index (χ1v) is 12.1. The van der Waals surface area contributed by atoms with Crippen molar-refractivity contribution < 1.29 is 22.7 Å². The van der Waals surface area contributed by atoms with Crippen LogP contribution in [0, 0.1) is 10.1 Å². The van der Waals surface area contributed by atoms with E-state index in [0.29, 0.717) is 22.2 Å². The fourth-order valence-electron chi connectivity index (χ4n) is 3.40. The van der Waals surface area contributed by atoms with Gasteiger partial charge in [0, 0.05) is 36.5 Å². The molecule has 1 aromatic heterocycles. The van der Waals surface area contributed by atoms with Gasteiger partial charge in [-0.15, -0.1) is 0 Å². The molecule has 0 fully saturated rings. The topological polar surface area (TPSA) is 144 Å². The quantitative estimate of drug-likeness (QED) is 0.221. The smallest absolute Gasteiger partial charge is 0.293 e. The maximum Gasteiger partial charge on any atom is 0.293 e. The van der Waals surface area contributed by atoms with Crippen LogP contribution >= 0.6 is 0 Å². The Balaban J connectivity index is 1.42. The standard InChI is InChI=1S/C23H20N4O6S/c1-34(31,32)17-8-10-20(21(14-17)27(29)30)24-11-12-25-23(28)16-7-9-19-18(13-16)22(33-26-19)15-5-3-2-4-6-15/h2-10,13-14,24H,11-12H2,1H3,(H,25,28). The van der Waals surface area contributed by atoms with Crippen LogP contribution in [-0.4, -0.2) is 43.8 Å². The summed E-state index contributed by atoms with van der Waals surface area (Å²) in [6, 6.07) is 18.1. The molecule has 34 heavy (non-hydrogen) atoms. The number of benzene rings is 3. The molecule has 10 nitrogen and oxygen atoms in total. The third kappa shape index (κ3) is 4.89. The van der Waals surface area contributed by atoms with E-state index in [-0.39, 0.29) is 35.3 Å². The maximum atomic E-state index is 12.6. The van der Waals surface area contributed by atoms with Crippen molar-refractivity contribution in [3.63, 3.8) is 0 Å². The molecule has 174 valence electrons. The predicted molar refractivity (Wildman–Crippen MR) is 126 cm³/mol. The van der Waals surface area contributed by atoms with Crippen molar-refractivity contribution >= 4 is 38.0 Å². The second-order valence-electron chi connectivity index (χ2n) is 7.50. The van der Waals surface area contributed by atoms with E-state index in [2.05, 4.69) is 15.8 Å². The lowest BCUT2D eigenvalue weighted by Gasteiger charge is -2.09. The van der Waals surface area contributed by atoms with Crippen molar-refractivity contribution in [2.24, 2.45) is 0 Å². The first kappa shape index (κ1) is 22.9. The molecule has 0 aliphatic heterocycles. The van der Waals surface area contributed by atoms with Crippen molar-refractivity contribution in [2.75, 3.05) is 24.7 Å². The summed E-state index contributed by atoms with van der Waals surface area (Å²) in [5.41, 5.74) is 1.68. The molecule has 0 aliphatic carbocycles. The number of nitro groups is 1. The molecule has 0 radical (unpaired) electrons. The van der Waals surface area contributed by atoms with E-state index < -0.39 is 14.8 Å². The lowest BCUT2D eigenvalue weighted by Crippen LogP contribution is -2.28. The van der Waals surface area contributed by atoms with Gasteiger partial charge < -0.3 is 15.2 Å². The molecule has 4 rings (SSSR count). The van der Waals surface area contributed by atoms with E-state index in [0.717, 1.165) is 17.9 Å². The fourth-order valence-corrected chi connectivity index (χ4v) is 4.04. The van der Waals surface area contributed by atoms with E-state index >= 15 is 0 Å². The third-order valence-electron chi connectivity index (χ3n) is 5.09. The van der Waals surface area contributed by atoms with Crippen LogP contribution in [0.25, 0.3) is 22.2 Å². The molecule has 2 N–H and O–H groups in total. The second kappa shape index (κ2) is 9.32. The number of nitro benzene ring substituents is 1. The van der Waals surface area contributed by atoms with Crippen LogP contribution in [0.2, 0.25) is 0 Å². The van der Waals surface area contributed by atoms with Gasteiger partial charge in [-0.25, -0.2) is 8.42 Å². The molecule has 11 heteroatoms. The number of rotatable bonds is 8. The van der Waals surface area contributed by atoms with Crippen molar-refractivity contribution in [3.8, 4) is 11.3 Å². The van der Waals surface area contributed by atoms with Crippen molar-refractivity contribution in [3.05, 3.63) is 82.4 Å². The molecule has 0 saturated heterocycles. The number of nitrogens with zero attached hydrogens (tertiary/aromatic N) is 2. The number of aromatic nitrogens is 1. The van der Waals surface area contributed by atoms with Gasteiger partial charge in [-0.3, -0.25) is 14.9 Å². The van der Waals surface area contributed by atoms with Gasteiger partial charge in [-0.1, -0.05) is 35.5 Å². The van der Waals surface area contributed by atoms with Gasteiger partial charge in [0.25, 0.3) is 11.6 Å². The zero-order valence-corrected chi connectivity index (χ0v) is 18.8. The Labute approximate surface area is 194 Å². The van der Waals surface area contributed by atoms with Crippen LogP contribution in [0.1, 0.15) is 10.4 Å². The molecule has 0 unspecified atom stereocenters. The Morgan fingerprint density at radius 3 is 2.53 bits per heavy atom. The normalized spacial score (nSPS) is 11.3. The average Bonchev–Trinajstić information content (AvgIpc) is 3.25. The first-order chi connectivity index (χ1) is 16.2. The minimum atomic E-state index is -3.58. The summed E-state index contributed by atoms with van der Waals surface area (Å²) in [5.74, 6) is 0.239. The van der Waals surface area contributed by atoms with E-state index in [9.17, 15) is 23.3 Å². The lowest BCUT2D eigenvalue weighted by molar-refractivity contribution is -0.384. The van der Waals surface area contributed by atoms with Gasteiger partial charge in [0.2, 0.25) is 0 Å². The molecule has 1 amide bonds. The molecule has 4 aromatic rings. The molecular weight excluding hydrogens is 460 g/mol. The molecule has 0 atom stereocenters. The summed E-state index contributed by atoms with van der Waals surface area (Å²) in [7, 11) is -3.58. The van der Waals surface area contributed by atoms with Gasteiger partial charge in [0.15, 0.2) is 15.6 Å². The molecular formula is C23H20N4O6S. The first-order valence-electron chi connectivity index (χ1n) is 10.2. The van der Waals surface area contributed by atoms with Crippen LogP contribution in [0.15, 0.2) is 76.1 Å². The third-order valence-corrected chi connectivity index (χ3v) is 6.20. The van der Waals surface area contributed by atoms with Crippen LogP contribution < -0.4 is 10.6 Å². The summed E-state index contributed by atoms with van der Waals surface area (Å²) in [6.07, 6.45) is 0.981. The van der Waals surface area contributed by atoms with Crippen molar-refractivity contribution in [2.45, 2.75) is 4.90 Å². The number of hydrogen-bond donors (Lipinski definition) is 2. The molecule has 3 aromatic carbocycles. The summed E-state index contributed by atoms with van der Waals surface area (Å²) < 4.78 is 28.8. The Bertz CT molecular complexity index is 1480. The zero-order valence-electron chi connectivity index (χ0n) is 18.0. The van der Waals surface area contributed by atoms with Crippen LogP contribution in [0.3, 0.4) is 0 Å². The summed E-state index contributed by atoms with van der Waals surface area (Å²) in [5, 5.41) is 21.7. The maximum absolute atomic E-state index is 12.6. The average molecular weight is 481 g/mol. The number of carbonyl (C=O) groups excluding carboxylic acids is 1. The van der Waals surface area contributed by atoms with Crippen LogP contribution in [0.5, 0.6) is 0 Å². The van der Waals surface area contributed by atoms with Gasteiger partial charge in [0.05, 0.1) is 15.2 Å². The monoisotopic (exact) mass is 480 g/mol. The Hall–Kier alpha value is -4.25. The number of anilines is 1. The number of hydrogen-bond acceptors (Lipinski definition) is 8. The van der Waals surface area contributed by atoms with E-state index in [4.69, 9.17) is 4.52 Å². The fraction of sp³-hybridized carbons (Fsp3) is 0.130. The van der Waals surface area contributed by atoms with Gasteiger partial charge in [0.1, 0.15) is 11.2 Å². The van der Waals surface area contributed by atoms with Crippen molar-refractivity contribution in [1.29, 1.82) is 0 Å². The molecule has 1 heterocycles. The summed E-state index contributed by atoms with van der Waals surface area (Å²) >= 11 is 0. The molecule has 0 saturated carbocycles. The highest BCUT2D eigenvalue weighted by molar-refractivity contribution is 7.90. The summed E-state index contributed by atoms with van der Waals surface area (Å²) in [6.45, 7) is 0.368. The number of amides is 1. The van der Waals surface area contributed by atoms with Gasteiger partial charge in [-0.2, -0.15) is 0 Å². The largest absolute Gasteiger partial charge is 0.378 e. The van der Waals surface area contributed by atoms with Gasteiger partial charge >= 0.3 is 0 Å². The number of carbonyl (C=O) groups is 1. The summed E-state index contributed by atoms with van der Waals surface area (Å²) in [4.78, 5) is 23.2. The SMILES string of the molecule is CS(=O)(=O)c1ccc(NCCNC(=O)c2ccc3noc(-c4ccccc4)c3c2)c([N+](=O)[O-])c1. The van der Waals surface area contributed by atoms with E-state index in [1.54, 1.807) is 18.2 Å². The number of sulfone groups is 1. The molecule has 0 spiro atoms. The molecule has 0 bridgehead atoms. The highest BCUT2D eigenvalue weighted by Gasteiger charge is 2.19. The highest BCUT2D eigenvalue weighted by Crippen LogP contribution is 2.29. The Kier molecular flexibility index (Phi) is 6.28. The lowest BCUT2D eigenvalue weighted by atomic mass is 10.1. The van der Waals surface area contributed by atoms with E-state index in [1.165, 1.54) is 12.1 Å². The predicted octanol–water partition coefficient (Wildman–Crippen LogP) is 3.65. The van der Waals surface area contributed by atoms with Crippen molar-refractivity contribution in [1.82, 2.24) is 10.5 Å².